The van der Waals surface area contributed by atoms with Crippen LogP contribution >= 0.6 is 0 Å². The Morgan fingerprint density at radius 3 is 2.50 bits per heavy atom. The summed E-state index contributed by atoms with van der Waals surface area (Å²) in [7, 11) is 0. The van der Waals surface area contributed by atoms with Gasteiger partial charge in [-0.05, 0) is 25.0 Å². The third kappa shape index (κ3) is 4.32. The highest BCUT2D eigenvalue weighted by atomic mass is 16.5. The number of nitrogens with zero attached hydrogens (tertiary/aromatic N) is 4. The Hall–Kier alpha value is -2.89. The average molecular weight is 323 g/mol. The second-order valence-electron chi connectivity index (χ2n) is 5.78. The van der Waals surface area contributed by atoms with E-state index in [1.54, 1.807) is 18.6 Å². The Bertz CT molecular complexity index is 753. The van der Waals surface area contributed by atoms with Gasteiger partial charge < -0.3 is 14.6 Å². The van der Waals surface area contributed by atoms with Gasteiger partial charge in [-0.3, -0.25) is 0 Å². The van der Waals surface area contributed by atoms with Crippen molar-refractivity contribution < 1.29 is 4.74 Å². The summed E-state index contributed by atoms with van der Waals surface area (Å²) in [4.78, 5) is 12.6. The molecular weight excluding hydrogens is 302 g/mol. The van der Waals surface area contributed by atoms with Crippen molar-refractivity contribution in [3.05, 3.63) is 66.5 Å². The van der Waals surface area contributed by atoms with Gasteiger partial charge in [0.1, 0.15) is 0 Å². The monoisotopic (exact) mass is 323 g/mol. The van der Waals surface area contributed by atoms with Crippen molar-refractivity contribution in [2.75, 3.05) is 5.32 Å². The van der Waals surface area contributed by atoms with Crippen LogP contribution in [-0.2, 0) is 13.1 Å². The van der Waals surface area contributed by atoms with Crippen LogP contribution in [0.25, 0.3) is 0 Å². The first-order valence-corrected chi connectivity index (χ1v) is 7.96. The zero-order valence-corrected chi connectivity index (χ0v) is 13.9. The van der Waals surface area contributed by atoms with Gasteiger partial charge in [0, 0.05) is 37.9 Å². The molecule has 0 amide bonds. The lowest BCUT2D eigenvalue weighted by atomic mass is 10.1. The van der Waals surface area contributed by atoms with E-state index in [2.05, 4.69) is 44.5 Å². The van der Waals surface area contributed by atoms with Crippen molar-refractivity contribution >= 4 is 5.82 Å². The van der Waals surface area contributed by atoms with E-state index in [0.29, 0.717) is 18.2 Å². The molecule has 0 fully saturated rings. The number of anilines is 1. The molecule has 2 heterocycles. The number of ether oxygens (including phenoxy) is 1. The molecule has 0 aliphatic rings. The minimum Gasteiger partial charge on any atom is -0.472 e. The first-order chi connectivity index (χ1) is 11.7. The standard InChI is InChI=1S/C18H21N5O/c1-14(2)24-18-17(20-7-8-21-18)22-11-15-3-5-16(6-4-15)12-23-10-9-19-13-23/h3-10,13-14H,11-12H2,1-2H3,(H,20,22). The van der Waals surface area contributed by atoms with E-state index < -0.39 is 0 Å². The van der Waals surface area contributed by atoms with Gasteiger partial charge >= 0.3 is 0 Å². The van der Waals surface area contributed by atoms with E-state index in [1.807, 2.05) is 30.9 Å². The zero-order chi connectivity index (χ0) is 16.8. The molecule has 0 bridgehead atoms. The maximum atomic E-state index is 5.67. The van der Waals surface area contributed by atoms with Gasteiger partial charge in [-0.2, -0.15) is 0 Å². The van der Waals surface area contributed by atoms with Crippen LogP contribution in [0.1, 0.15) is 25.0 Å². The molecule has 0 saturated heterocycles. The summed E-state index contributed by atoms with van der Waals surface area (Å²) in [5, 5.41) is 3.29. The summed E-state index contributed by atoms with van der Waals surface area (Å²) in [5.74, 6) is 1.19. The molecule has 6 heteroatoms. The van der Waals surface area contributed by atoms with Crippen molar-refractivity contribution in [2.24, 2.45) is 0 Å². The molecule has 0 spiro atoms. The zero-order valence-electron chi connectivity index (χ0n) is 13.9. The molecule has 1 N–H and O–H groups in total. The molecule has 24 heavy (non-hydrogen) atoms. The first-order valence-electron chi connectivity index (χ1n) is 7.96. The Balaban J connectivity index is 1.61. The van der Waals surface area contributed by atoms with E-state index in [9.17, 15) is 0 Å². The van der Waals surface area contributed by atoms with Gasteiger partial charge in [-0.15, -0.1) is 0 Å². The number of hydrogen-bond donors (Lipinski definition) is 1. The van der Waals surface area contributed by atoms with E-state index in [1.165, 1.54) is 11.1 Å². The fourth-order valence-electron chi connectivity index (χ4n) is 2.30. The molecule has 2 aromatic heterocycles. The number of hydrogen-bond acceptors (Lipinski definition) is 5. The van der Waals surface area contributed by atoms with E-state index in [0.717, 1.165) is 6.54 Å². The van der Waals surface area contributed by atoms with Gasteiger partial charge in [0.05, 0.1) is 12.4 Å². The predicted octanol–water partition coefficient (Wildman–Crippen LogP) is 3.12. The molecule has 1 aromatic carbocycles. The van der Waals surface area contributed by atoms with Crippen LogP contribution in [0.2, 0.25) is 0 Å². The van der Waals surface area contributed by atoms with Crippen LogP contribution in [0, 0.1) is 0 Å². The fourth-order valence-corrected chi connectivity index (χ4v) is 2.30. The van der Waals surface area contributed by atoms with Crippen molar-refractivity contribution in [3.63, 3.8) is 0 Å². The number of rotatable bonds is 7. The SMILES string of the molecule is CC(C)Oc1nccnc1NCc1ccc(Cn2ccnc2)cc1. The highest BCUT2D eigenvalue weighted by Crippen LogP contribution is 2.19. The topological polar surface area (TPSA) is 64.9 Å². The average Bonchev–Trinajstić information content (AvgIpc) is 3.08. The summed E-state index contributed by atoms with van der Waals surface area (Å²) in [6, 6.07) is 8.47. The third-order valence-electron chi connectivity index (χ3n) is 3.42. The third-order valence-corrected chi connectivity index (χ3v) is 3.42. The van der Waals surface area contributed by atoms with Crippen molar-refractivity contribution in [1.82, 2.24) is 19.5 Å². The van der Waals surface area contributed by atoms with Gasteiger partial charge in [-0.1, -0.05) is 24.3 Å². The van der Waals surface area contributed by atoms with Crippen molar-refractivity contribution in [1.29, 1.82) is 0 Å². The Labute approximate surface area is 141 Å². The van der Waals surface area contributed by atoms with Gasteiger partial charge in [0.15, 0.2) is 5.82 Å². The second kappa shape index (κ2) is 7.59. The quantitative estimate of drug-likeness (QED) is 0.724. The Morgan fingerprint density at radius 1 is 1.04 bits per heavy atom. The molecule has 0 radical (unpaired) electrons. The van der Waals surface area contributed by atoms with Gasteiger partial charge in [0.2, 0.25) is 0 Å². The lowest BCUT2D eigenvalue weighted by Gasteiger charge is -2.13. The van der Waals surface area contributed by atoms with Crippen LogP contribution in [0.15, 0.2) is 55.4 Å². The minimum atomic E-state index is 0.0599. The predicted molar refractivity (Wildman–Crippen MR) is 92.9 cm³/mol. The van der Waals surface area contributed by atoms with E-state index >= 15 is 0 Å². The second-order valence-corrected chi connectivity index (χ2v) is 5.78. The molecule has 6 nitrogen and oxygen atoms in total. The van der Waals surface area contributed by atoms with Crippen LogP contribution < -0.4 is 10.1 Å². The molecule has 3 aromatic rings. The summed E-state index contributed by atoms with van der Waals surface area (Å²) in [6.07, 6.45) is 8.91. The van der Waals surface area contributed by atoms with Crippen LogP contribution in [-0.4, -0.2) is 25.6 Å². The first kappa shape index (κ1) is 16.0. The van der Waals surface area contributed by atoms with Crippen LogP contribution in [0.4, 0.5) is 5.82 Å². The molecule has 0 saturated carbocycles. The maximum Gasteiger partial charge on any atom is 0.257 e. The number of benzene rings is 1. The lowest BCUT2D eigenvalue weighted by molar-refractivity contribution is 0.233. The highest BCUT2D eigenvalue weighted by molar-refractivity contribution is 5.45. The fraction of sp³-hybridized carbons (Fsp3) is 0.278. The molecule has 0 aliphatic carbocycles. The normalized spacial score (nSPS) is 10.8. The van der Waals surface area contributed by atoms with E-state index in [4.69, 9.17) is 4.74 Å². The van der Waals surface area contributed by atoms with E-state index in [-0.39, 0.29) is 6.10 Å². The van der Waals surface area contributed by atoms with Crippen LogP contribution in [0.3, 0.4) is 0 Å². The Morgan fingerprint density at radius 2 is 1.79 bits per heavy atom. The van der Waals surface area contributed by atoms with Crippen molar-refractivity contribution in [2.45, 2.75) is 33.0 Å². The molecule has 0 unspecified atom stereocenters. The number of imidazole rings is 1. The van der Waals surface area contributed by atoms with Gasteiger partial charge in [-0.25, -0.2) is 15.0 Å². The highest BCUT2D eigenvalue weighted by Gasteiger charge is 2.08. The number of aromatic nitrogens is 4. The summed E-state index contributed by atoms with van der Waals surface area (Å²) in [5.41, 5.74) is 2.41. The molecule has 3 rings (SSSR count). The van der Waals surface area contributed by atoms with Gasteiger partial charge in [0.25, 0.3) is 5.88 Å². The maximum absolute atomic E-state index is 5.67. The summed E-state index contributed by atoms with van der Waals surface area (Å²) in [6.45, 7) is 5.43. The smallest absolute Gasteiger partial charge is 0.257 e. The van der Waals surface area contributed by atoms with Crippen LogP contribution in [0.5, 0.6) is 5.88 Å². The van der Waals surface area contributed by atoms with Crippen molar-refractivity contribution in [3.8, 4) is 5.88 Å². The number of nitrogens with one attached hydrogen (secondary N) is 1. The summed E-state index contributed by atoms with van der Waals surface area (Å²) < 4.78 is 7.71. The lowest BCUT2D eigenvalue weighted by Crippen LogP contribution is -2.11. The largest absolute Gasteiger partial charge is 0.472 e. The summed E-state index contributed by atoms with van der Waals surface area (Å²) >= 11 is 0. The molecular formula is C18H21N5O. The Kier molecular flexibility index (Phi) is 5.05. The minimum absolute atomic E-state index is 0.0599. The molecule has 0 aliphatic heterocycles. The molecule has 0 atom stereocenters. The molecule has 124 valence electrons.